The van der Waals surface area contributed by atoms with E-state index in [0.29, 0.717) is 11.4 Å². The molecule has 0 unspecified atom stereocenters. The van der Waals surface area contributed by atoms with Crippen molar-refractivity contribution in [3.8, 4) is 11.5 Å². The highest BCUT2D eigenvalue weighted by Crippen LogP contribution is 2.28. The van der Waals surface area contributed by atoms with Gasteiger partial charge in [0.25, 0.3) is 0 Å². The van der Waals surface area contributed by atoms with Crippen LogP contribution in [0.25, 0.3) is 0 Å². The van der Waals surface area contributed by atoms with Crippen molar-refractivity contribution in [3.05, 3.63) is 83.7 Å². The first-order chi connectivity index (χ1) is 13.8. The van der Waals surface area contributed by atoms with E-state index in [9.17, 15) is 17.2 Å². The van der Waals surface area contributed by atoms with Crippen molar-refractivity contribution in [2.24, 2.45) is 0 Å². The summed E-state index contributed by atoms with van der Waals surface area (Å²) in [5, 5.41) is 0. The molecule has 0 saturated carbocycles. The Kier molecular flexibility index (Phi) is 6.12. The molecule has 1 aromatic heterocycles. The Labute approximate surface area is 168 Å². The Morgan fingerprint density at radius 1 is 1.03 bits per heavy atom. The highest BCUT2D eigenvalue weighted by molar-refractivity contribution is 7.92. The standard InChI is InChI=1S/C21H20F2N2O3S/c1-3-29(26,27)25(14-16-5-4-15(2)24-13-16)18-7-9-19(10-8-18)28-21-11-6-17(22)12-20(21)23/h4-13H,3,14H2,1-2H3. The van der Waals surface area contributed by atoms with E-state index in [0.717, 1.165) is 23.4 Å². The Hall–Kier alpha value is -3.00. The molecule has 0 N–H and O–H groups in total. The maximum atomic E-state index is 13.8. The lowest BCUT2D eigenvalue weighted by atomic mass is 10.2. The van der Waals surface area contributed by atoms with Crippen molar-refractivity contribution >= 4 is 15.7 Å². The second-order valence-electron chi connectivity index (χ2n) is 6.39. The molecule has 0 radical (unpaired) electrons. The second kappa shape index (κ2) is 8.57. The molecule has 5 nitrogen and oxygen atoms in total. The molecule has 8 heteroatoms. The van der Waals surface area contributed by atoms with Gasteiger partial charge >= 0.3 is 0 Å². The third-order valence-corrected chi connectivity index (χ3v) is 5.99. The fourth-order valence-corrected chi connectivity index (χ4v) is 3.73. The molecule has 1 heterocycles. The lowest BCUT2D eigenvalue weighted by Gasteiger charge is -2.24. The molecule has 0 bridgehead atoms. The van der Waals surface area contributed by atoms with Crippen LogP contribution in [0.15, 0.2) is 60.8 Å². The number of aryl methyl sites for hydroxylation is 1. The minimum absolute atomic E-state index is 0.0642. The first kappa shape index (κ1) is 20.7. The Balaban J connectivity index is 1.85. The number of halogens is 2. The van der Waals surface area contributed by atoms with Gasteiger partial charge in [-0.1, -0.05) is 6.07 Å². The molecule has 3 aromatic rings. The summed E-state index contributed by atoms with van der Waals surface area (Å²) in [7, 11) is -3.54. The molecule has 0 saturated heterocycles. The largest absolute Gasteiger partial charge is 0.454 e. The van der Waals surface area contributed by atoms with Crippen LogP contribution in [0.1, 0.15) is 18.2 Å². The molecule has 0 spiro atoms. The van der Waals surface area contributed by atoms with E-state index in [1.54, 1.807) is 25.3 Å². The monoisotopic (exact) mass is 418 g/mol. The third-order valence-electron chi connectivity index (χ3n) is 4.25. The first-order valence-electron chi connectivity index (χ1n) is 8.93. The SMILES string of the molecule is CCS(=O)(=O)N(Cc1ccc(C)nc1)c1ccc(Oc2ccc(F)cc2F)cc1. The minimum atomic E-state index is -3.54. The van der Waals surface area contributed by atoms with Crippen LogP contribution >= 0.6 is 0 Å². The van der Waals surface area contributed by atoms with E-state index >= 15 is 0 Å². The molecule has 29 heavy (non-hydrogen) atoms. The van der Waals surface area contributed by atoms with Crippen molar-refractivity contribution in [1.29, 1.82) is 0 Å². The summed E-state index contributed by atoms with van der Waals surface area (Å²) in [5.41, 5.74) is 2.04. The van der Waals surface area contributed by atoms with Crippen LogP contribution < -0.4 is 9.04 Å². The normalized spacial score (nSPS) is 11.3. The highest BCUT2D eigenvalue weighted by Gasteiger charge is 2.21. The molecule has 3 rings (SSSR count). The van der Waals surface area contributed by atoms with Gasteiger partial charge in [-0.3, -0.25) is 9.29 Å². The van der Waals surface area contributed by atoms with Crippen LogP contribution in [0.3, 0.4) is 0 Å². The molecule has 0 atom stereocenters. The van der Waals surface area contributed by atoms with Gasteiger partial charge in [0.2, 0.25) is 10.0 Å². The summed E-state index contributed by atoms with van der Waals surface area (Å²) >= 11 is 0. The van der Waals surface area contributed by atoms with E-state index in [2.05, 4.69) is 4.98 Å². The molecule has 0 amide bonds. The maximum Gasteiger partial charge on any atom is 0.235 e. The fraction of sp³-hybridized carbons (Fsp3) is 0.190. The number of rotatable bonds is 7. The van der Waals surface area contributed by atoms with E-state index in [4.69, 9.17) is 4.74 Å². The number of ether oxygens (including phenoxy) is 1. The minimum Gasteiger partial charge on any atom is -0.454 e. The summed E-state index contributed by atoms with van der Waals surface area (Å²) in [6, 6.07) is 12.9. The van der Waals surface area contributed by atoms with Crippen LogP contribution in [0.5, 0.6) is 11.5 Å². The predicted molar refractivity (Wildman–Crippen MR) is 107 cm³/mol. The second-order valence-corrected chi connectivity index (χ2v) is 8.57. The summed E-state index contributed by atoms with van der Waals surface area (Å²) in [4.78, 5) is 4.21. The number of pyridine rings is 1. The topological polar surface area (TPSA) is 59.5 Å². The van der Waals surface area contributed by atoms with Crippen LogP contribution in [0.2, 0.25) is 0 Å². The zero-order valence-corrected chi connectivity index (χ0v) is 16.8. The van der Waals surface area contributed by atoms with E-state index in [1.807, 2.05) is 19.1 Å². The van der Waals surface area contributed by atoms with Gasteiger partial charge in [-0.15, -0.1) is 0 Å². The molecule has 0 aliphatic heterocycles. The van der Waals surface area contributed by atoms with Crippen molar-refractivity contribution in [3.63, 3.8) is 0 Å². The Bertz CT molecular complexity index is 1090. The summed E-state index contributed by atoms with van der Waals surface area (Å²) in [6.07, 6.45) is 1.64. The van der Waals surface area contributed by atoms with E-state index in [1.165, 1.54) is 22.5 Å². The molecule has 0 fully saturated rings. The zero-order valence-electron chi connectivity index (χ0n) is 16.0. The number of hydrogen-bond acceptors (Lipinski definition) is 4. The van der Waals surface area contributed by atoms with Crippen LogP contribution in [-0.2, 0) is 16.6 Å². The van der Waals surface area contributed by atoms with Crippen molar-refractivity contribution < 1.29 is 21.9 Å². The summed E-state index contributed by atoms with van der Waals surface area (Å²) in [5.74, 6) is -1.41. The summed E-state index contributed by atoms with van der Waals surface area (Å²) in [6.45, 7) is 3.56. The Morgan fingerprint density at radius 2 is 1.76 bits per heavy atom. The maximum absolute atomic E-state index is 13.8. The smallest absolute Gasteiger partial charge is 0.235 e. The van der Waals surface area contributed by atoms with Gasteiger partial charge < -0.3 is 4.74 Å². The first-order valence-corrected chi connectivity index (χ1v) is 10.5. The van der Waals surface area contributed by atoms with Crippen molar-refractivity contribution in [2.75, 3.05) is 10.1 Å². The molecule has 0 aliphatic carbocycles. The lowest BCUT2D eigenvalue weighted by Crippen LogP contribution is -2.31. The third kappa shape index (κ3) is 5.08. The molecule has 0 aliphatic rings. The van der Waals surface area contributed by atoms with Gasteiger partial charge in [-0.25, -0.2) is 17.2 Å². The van der Waals surface area contributed by atoms with Crippen LogP contribution in [-0.4, -0.2) is 19.2 Å². The molecule has 2 aromatic carbocycles. The lowest BCUT2D eigenvalue weighted by molar-refractivity contribution is 0.437. The van der Waals surface area contributed by atoms with Gasteiger partial charge in [0, 0.05) is 18.0 Å². The van der Waals surface area contributed by atoms with E-state index < -0.39 is 21.7 Å². The number of aromatic nitrogens is 1. The van der Waals surface area contributed by atoms with Gasteiger partial charge in [0.1, 0.15) is 11.6 Å². The van der Waals surface area contributed by atoms with Crippen molar-refractivity contribution in [2.45, 2.75) is 20.4 Å². The predicted octanol–water partition coefficient (Wildman–Crippen LogP) is 4.82. The van der Waals surface area contributed by atoms with Crippen molar-refractivity contribution in [1.82, 2.24) is 4.98 Å². The van der Waals surface area contributed by atoms with Gasteiger partial charge in [0.15, 0.2) is 11.6 Å². The van der Waals surface area contributed by atoms with E-state index in [-0.39, 0.29) is 18.0 Å². The zero-order chi connectivity index (χ0) is 21.0. The summed E-state index contributed by atoms with van der Waals surface area (Å²) < 4.78 is 58.7. The average molecular weight is 418 g/mol. The van der Waals surface area contributed by atoms with Gasteiger partial charge in [-0.2, -0.15) is 0 Å². The number of benzene rings is 2. The number of hydrogen-bond donors (Lipinski definition) is 0. The fourth-order valence-electron chi connectivity index (χ4n) is 2.63. The molecular formula is C21H20F2N2O3S. The molecular weight excluding hydrogens is 398 g/mol. The van der Waals surface area contributed by atoms with Gasteiger partial charge in [0.05, 0.1) is 18.0 Å². The van der Waals surface area contributed by atoms with Gasteiger partial charge in [-0.05, 0) is 61.9 Å². The molecule has 152 valence electrons. The van der Waals surface area contributed by atoms with Crippen LogP contribution in [0, 0.1) is 18.6 Å². The van der Waals surface area contributed by atoms with Crippen LogP contribution in [0.4, 0.5) is 14.5 Å². The number of anilines is 1. The quantitative estimate of drug-likeness (QED) is 0.552. The number of sulfonamides is 1. The average Bonchev–Trinajstić information content (AvgIpc) is 2.70. The number of nitrogens with zero attached hydrogens (tertiary/aromatic N) is 2. The highest BCUT2D eigenvalue weighted by atomic mass is 32.2. The Morgan fingerprint density at radius 3 is 2.34 bits per heavy atom.